The van der Waals surface area contributed by atoms with Crippen LogP contribution in [0.3, 0.4) is 0 Å². The SMILES string of the molecule is N#Cc1ccc2cc1Oc1ccc3cccc(c3n1)N1CCC(NCc3cncn3C2)C1=O. The zero-order valence-corrected chi connectivity index (χ0v) is 17.7. The number of fused-ring (bicyclic) bond motifs is 7. The summed E-state index contributed by atoms with van der Waals surface area (Å²) in [4.78, 5) is 24.1. The van der Waals surface area contributed by atoms with E-state index in [9.17, 15) is 10.1 Å². The Morgan fingerprint density at radius 3 is 3.03 bits per heavy atom. The molecule has 8 nitrogen and oxygen atoms in total. The van der Waals surface area contributed by atoms with Crippen molar-refractivity contribution >= 4 is 22.5 Å². The Bertz CT molecular complexity index is 1440. The van der Waals surface area contributed by atoms with Crippen molar-refractivity contribution in [1.29, 1.82) is 5.26 Å². The first-order valence-electron chi connectivity index (χ1n) is 10.8. The normalized spacial score (nSPS) is 17.6. The molecule has 1 unspecified atom stereocenters. The Morgan fingerprint density at radius 1 is 1.18 bits per heavy atom. The molecule has 1 atom stereocenters. The van der Waals surface area contributed by atoms with E-state index >= 15 is 0 Å². The van der Waals surface area contributed by atoms with Crippen LogP contribution in [0.4, 0.5) is 5.69 Å². The molecule has 0 saturated carbocycles. The minimum atomic E-state index is -0.266. The van der Waals surface area contributed by atoms with E-state index in [-0.39, 0.29) is 11.9 Å². The lowest BCUT2D eigenvalue weighted by Gasteiger charge is -2.20. The van der Waals surface area contributed by atoms with Gasteiger partial charge in [-0.3, -0.25) is 4.79 Å². The molecule has 33 heavy (non-hydrogen) atoms. The number of rotatable bonds is 0. The summed E-state index contributed by atoms with van der Waals surface area (Å²) in [7, 11) is 0. The van der Waals surface area contributed by atoms with Gasteiger partial charge < -0.3 is 19.5 Å². The molecule has 1 N–H and O–H groups in total. The number of benzene rings is 2. The fourth-order valence-corrected chi connectivity index (χ4v) is 4.51. The topological polar surface area (TPSA) is 96.1 Å². The molecule has 2 aliphatic rings. The van der Waals surface area contributed by atoms with Crippen molar-refractivity contribution in [2.45, 2.75) is 25.6 Å². The van der Waals surface area contributed by atoms with Gasteiger partial charge in [-0.15, -0.1) is 0 Å². The molecular formula is C25H20N6O2. The molecule has 4 heterocycles. The molecule has 8 heteroatoms. The molecular weight excluding hydrogens is 416 g/mol. The van der Waals surface area contributed by atoms with Crippen molar-refractivity contribution in [2.24, 2.45) is 0 Å². The van der Waals surface area contributed by atoms with Crippen LogP contribution in [0.2, 0.25) is 0 Å². The molecule has 1 fully saturated rings. The molecule has 2 aromatic carbocycles. The van der Waals surface area contributed by atoms with Crippen LogP contribution in [0.25, 0.3) is 10.9 Å². The Kier molecular flexibility index (Phi) is 4.56. The van der Waals surface area contributed by atoms with Crippen LogP contribution in [-0.2, 0) is 17.9 Å². The maximum absolute atomic E-state index is 13.2. The lowest BCUT2D eigenvalue weighted by molar-refractivity contribution is -0.118. The smallest absolute Gasteiger partial charge is 0.244 e. The highest BCUT2D eigenvalue weighted by Gasteiger charge is 2.33. The highest BCUT2D eigenvalue weighted by Crippen LogP contribution is 2.32. The van der Waals surface area contributed by atoms with E-state index in [1.165, 1.54) is 0 Å². The van der Waals surface area contributed by atoms with Crippen LogP contribution < -0.4 is 15.0 Å². The summed E-state index contributed by atoms with van der Waals surface area (Å²) in [6.45, 7) is 1.71. The average molecular weight is 436 g/mol. The van der Waals surface area contributed by atoms with Gasteiger partial charge in [-0.1, -0.05) is 18.2 Å². The zero-order valence-electron chi connectivity index (χ0n) is 17.7. The number of ether oxygens (including phenoxy) is 1. The molecule has 6 bridgehead atoms. The third-order valence-corrected chi connectivity index (χ3v) is 6.23. The van der Waals surface area contributed by atoms with Crippen molar-refractivity contribution in [3.63, 3.8) is 0 Å². The fraction of sp³-hybridized carbons (Fsp3) is 0.200. The van der Waals surface area contributed by atoms with Crippen molar-refractivity contribution in [3.05, 3.63) is 77.9 Å². The second-order valence-corrected chi connectivity index (χ2v) is 8.27. The number of hydrogen-bond donors (Lipinski definition) is 1. The third kappa shape index (κ3) is 3.39. The highest BCUT2D eigenvalue weighted by molar-refractivity contribution is 6.05. The molecule has 1 saturated heterocycles. The quantitative estimate of drug-likeness (QED) is 0.454. The van der Waals surface area contributed by atoms with Gasteiger partial charge in [-0.2, -0.15) is 5.26 Å². The molecule has 0 radical (unpaired) electrons. The third-order valence-electron chi connectivity index (χ3n) is 6.23. The number of carbonyl (C=O) groups is 1. The molecule has 0 aliphatic carbocycles. The summed E-state index contributed by atoms with van der Waals surface area (Å²) in [5.41, 5.74) is 3.84. The van der Waals surface area contributed by atoms with Gasteiger partial charge in [0, 0.05) is 37.3 Å². The van der Waals surface area contributed by atoms with Gasteiger partial charge in [0.2, 0.25) is 11.8 Å². The van der Waals surface area contributed by atoms with Crippen LogP contribution in [0.1, 0.15) is 23.2 Å². The van der Waals surface area contributed by atoms with E-state index in [1.54, 1.807) is 23.4 Å². The molecule has 4 aromatic rings. The van der Waals surface area contributed by atoms with Crippen LogP contribution in [0.15, 0.2) is 61.1 Å². The summed E-state index contributed by atoms with van der Waals surface area (Å²) in [5, 5.41) is 13.9. The Balaban J connectivity index is 1.51. The number of anilines is 1. The first kappa shape index (κ1) is 19.5. The molecule has 0 spiro atoms. The van der Waals surface area contributed by atoms with Gasteiger partial charge in [0.25, 0.3) is 0 Å². The lowest BCUT2D eigenvalue weighted by atomic mass is 10.1. The average Bonchev–Trinajstić information content (AvgIpc) is 3.43. The van der Waals surface area contributed by atoms with E-state index in [0.29, 0.717) is 48.8 Å². The number of nitrogens with one attached hydrogen (secondary N) is 1. The van der Waals surface area contributed by atoms with Crippen molar-refractivity contribution in [1.82, 2.24) is 19.9 Å². The number of aromatic nitrogens is 3. The number of imidazole rings is 1. The zero-order chi connectivity index (χ0) is 22.4. The number of pyridine rings is 1. The summed E-state index contributed by atoms with van der Waals surface area (Å²) < 4.78 is 8.13. The molecule has 1 amide bonds. The summed E-state index contributed by atoms with van der Waals surface area (Å²) in [5.74, 6) is 0.856. The maximum atomic E-state index is 13.2. The Labute approximate surface area is 190 Å². The van der Waals surface area contributed by atoms with E-state index in [2.05, 4.69) is 16.4 Å². The van der Waals surface area contributed by atoms with E-state index < -0.39 is 0 Å². The predicted molar refractivity (Wildman–Crippen MR) is 122 cm³/mol. The van der Waals surface area contributed by atoms with Gasteiger partial charge in [0.05, 0.1) is 34.8 Å². The van der Waals surface area contributed by atoms with E-state index in [0.717, 1.165) is 22.3 Å². The van der Waals surface area contributed by atoms with Gasteiger partial charge in [-0.25, -0.2) is 9.97 Å². The minimum Gasteiger partial charge on any atom is -0.438 e. The maximum Gasteiger partial charge on any atom is 0.244 e. The number of para-hydroxylation sites is 1. The number of nitrogens with zero attached hydrogens (tertiary/aromatic N) is 5. The summed E-state index contributed by atoms with van der Waals surface area (Å²) in [6, 6.07) is 17.0. The largest absolute Gasteiger partial charge is 0.438 e. The van der Waals surface area contributed by atoms with E-state index in [4.69, 9.17) is 9.72 Å². The van der Waals surface area contributed by atoms with Crippen LogP contribution in [0, 0.1) is 11.3 Å². The highest BCUT2D eigenvalue weighted by atomic mass is 16.5. The van der Waals surface area contributed by atoms with Crippen LogP contribution >= 0.6 is 0 Å². The number of nitriles is 1. The number of carbonyl (C=O) groups excluding carboxylic acids is 1. The number of hydrogen-bond acceptors (Lipinski definition) is 6. The summed E-state index contributed by atoms with van der Waals surface area (Å²) >= 11 is 0. The lowest BCUT2D eigenvalue weighted by Crippen LogP contribution is -2.38. The molecule has 2 aromatic heterocycles. The van der Waals surface area contributed by atoms with Gasteiger partial charge >= 0.3 is 0 Å². The predicted octanol–water partition coefficient (Wildman–Crippen LogP) is 3.35. The molecule has 6 rings (SSSR count). The van der Waals surface area contributed by atoms with E-state index in [1.807, 2.05) is 47.2 Å². The Morgan fingerprint density at radius 2 is 2.12 bits per heavy atom. The van der Waals surface area contributed by atoms with Crippen molar-refractivity contribution in [2.75, 3.05) is 11.4 Å². The van der Waals surface area contributed by atoms with Crippen LogP contribution in [0.5, 0.6) is 11.6 Å². The molecule has 162 valence electrons. The monoisotopic (exact) mass is 436 g/mol. The second-order valence-electron chi connectivity index (χ2n) is 8.27. The molecule has 2 aliphatic heterocycles. The fourth-order valence-electron chi connectivity index (χ4n) is 4.51. The number of amides is 1. The van der Waals surface area contributed by atoms with Crippen LogP contribution in [-0.4, -0.2) is 33.0 Å². The Hall–Kier alpha value is -4.22. The minimum absolute atomic E-state index is 0.0331. The van der Waals surface area contributed by atoms with Gasteiger partial charge in [0.1, 0.15) is 11.8 Å². The second kappa shape index (κ2) is 7.73. The van der Waals surface area contributed by atoms with Crippen molar-refractivity contribution in [3.8, 4) is 17.7 Å². The summed E-state index contributed by atoms with van der Waals surface area (Å²) in [6.07, 6.45) is 4.29. The first-order valence-corrected chi connectivity index (χ1v) is 10.8. The van der Waals surface area contributed by atoms with Gasteiger partial charge in [-0.05, 0) is 36.2 Å². The first-order chi connectivity index (χ1) is 16.2. The van der Waals surface area contributed by atoms with Crippen molar-refractivity contribution < 1.29 is 9.53 Å². The standard InChI is InChI=1S/C25H20N6O2/c26-11-18-5-4-16-10-22(18)33-23-7-6-17-2-1-3-21(24(17)29-23)31-9-8-20(25(31)32)28-13-19-12-27-15-30(19)14-16/h1-7,10,12,15,20,28H,8-9,13-14H2. The van der Waals surface area contributed by atoms with Gasteiger partial charge in [0.15, 0.2) is 0 Å².